The topological polar surface area (TPSA) is 38.7 Å². The molecule has 3 aromatic heterocycles. The summed E-state index contributed by atoms with van der Waals surface area (Å²) in [6.45, 7) is 0. The van der Waals surface area contributed by atoms with Crippen LogP contribution in [0.15, 0.2) is 478 Å². The van der Waals surface area contributed by atoms with Crippen LogP contribution >= 0.6 is 0 Å². The van der Waals surface area contributed by atoms with E-state index in [1.807, 2.05) is 18.2 Å². The van der Waals surface area contributed by atoms with Gasteiger partial charge in [0.2, 0.25) is 0 Å². The Labute approximate surface area is 686 Å². The molecule has 558 valence electrons. The molecule has 0 radical (unpaired) electrons. The van der Waals surface area contributed by atoms with Crippen molar-refractivity contribution in [1.29, 1.82) is 0 Å². The molecule has 0 fully saturated rings. The second-order valence-electron chi connectivity index (χ2n) is 29.6. The van der Waals surface area contributed by atoms with Crippen LogP contribution in [0.1, 0.15) is 0 Å². The highest BCUT2D eigenvalue weighted by molar-refractivity contribution is 6.18. The van der Waals surface area contributed by atoms with E-state index >= 15 is 0 Å². The number of benzene rings is 18. The molecule has 0 aliphatic rings. The van der Waals surface area contributed by atoms with E-state index in [2.05, 4.69) is 474 Å². The number of fused-ring (bicyclic) bond motifs is 6. The van der Waals surface area contributed by atoms with Gasteiger partial charge >= 0.3 is 0 Å². The molecule has 21 rings (SSSR count). The number of anilines is 6. The molecule has 0 amide bonds. The lowest BCUT2D eigenvalue weighted by molar-refractivity contribution is 0.487. The lowest BCUT2D eigenvalue weighted by Crippen LogP contribution is -2.10. The normalized spacial score (nSPS) is 11.2. The Morgan fingerprint density at radius 3 is 0.983 bits per heavy atom. The molecule has 118 heavy (non-hydrogen) atoms. The largest absolute Gasteiger partial charge is 0.455 e. The maximum atomic E-state index is 6.79. The predicted molar refractivity (Wildman–Crippen MR) is 493 cm³/mol. The molecule has 0 aliphatic carbocycles. The fraction of sp³-hybridized carbons (Fsp3) is 0. The van der Waals surface area contributed by atoms with Crippen molar-refractivity contribution in [3.63, 3.8) is 0 Å². The van der Waals surface area contributed by atoms with Crippen LogP contribution in [0.2, 0.25) is 0 Å². The standard InChI is InChI=1S/C56H38N2O.C56H40N2O/c1-4-14-39(15-5-1)41-26-32-46(33-27-41)57(47-34-28-42(29-35-47)40-16-6-2-7-17-40)49-21-12-20-45(38-49)43-30-36-48(37-31-43)58-53-25-11-10-22-51(53)56-54(58)52-24-13-23-50(55(52)59-56)44-18-8-3-9-19-44;1-4-14-41(15-5-1)44-28-34-50(35-29-44)58(51-36-30-45(31-37-51)42-16-6-2-7-17-42)52-22-12-20-47(38-52)46-26-32-49(33-27-46)57-40-56(54-24-10-11-25-55(54)57)59-53-23-13-21-48(39-53)43-18-8-3-9-19-43/h1-38H;1-40H. The molecule has 0 spiro atoms. The molecule has 0 N–H and O–H groups in total. The van der Waals surface area contributed by atoms with Gasteiger partial charge in [-0.25, -0.2) is 0 Å². The van der Waals surface area contributed by atoms with Gasteiger partial charge in [-0.3, -0.25) is 0 Å². The molecule has 3 heterocycles. The van der Waals surface area contributed by atoms with Gasteiger partial charge in [-0.05, 0) is 223 Å². The van der Waals surface area contributed by atoms with Crippen molar-refractivity contribution in [3.8, 4) is 112 Å². The molecule has 0 saturated carbocycles. The maximum absolute atomic E-state index is 6.79. The van der Waals surface area contributed by atoms with Crippen LogP contribution < -0.4 is 14.5 Å². The molecule has 0 atom stereocenters. The van der Waals surface area contributed by atoms with Gasteiger partial charge in [0.25, 0.3) is 0 Å². The zero-order chi connectivity index (χ0) is 78.5. The number of hydrogen-bond acceptors (Lipinski definition) is 4. The monoisotopic (exact) mass is 1510 g/mol. The number of furan rings is 1. The Bertz CT molecular complexity index is 6880. The van der Waals surface area contributed by atoms with Crippen LogP contribution in [0, 0.1) is 0 Å². The summed E-state index contributed by atoms with van der Waals surface area (Å²) in [6, 6.07) is 166. The van der Waals surface area contributed by atoms with E-state index in [-0.39, 0.29) is 0 Å². The van der Waals surface area contributed by atoms with Crippen LogP contribution in [0.25, 0.3) is 144 Å². The summed E-state index contributed by atoms with van der Waals surface area (Å²) in [5, 5.41) is 3.26. The van der Waals surface area contributed by atoms with Crippen LogP contribution in [-0.2, 0) is 0 Å². The number of hydrogen-bond donors (Lipinski definition) is 0. The van der Waals surface area contributed by atoms with Crippen LogP contribution in [-0.4, -0.2) is 9.13 Å². The number of ether oxygens (including phenoxy) is 1. The van der Waals surface area contributed by atoms with E-state index < -0.39 is 0 Å². The van der Waals surface area contributed by atoms with E-state index in [1.165, 1.54) is 44.5 Å². The van der Waals surface area contributed by atoms with Gasteiger partial charge in [-0.1, -0.05) is 328 Å². The Kier molecular flexibility index (Phi) is 19.3. The lowest BCUT2D eigenvalue weighted by atomic mass is 10.0. The molecule has 0 aliphatic heterocycles. The molecular weight excluding hydrogens is 1430 g/mol. The molecular formula is C112H78N4O2. The van der Waals surface area contributed by atoms with Gasteiger partial charge < -0.3 is 28.1 Å². The number of rotatable bonds is 18. The molecule has 6 heteroatoms. The first-order valence-electron chi connectivity index (χ1n) is 40.1. The Hall–Kier alpha value is -15.8. The van der Waals surface area contributed by atoms with Gasteiger partial charge in [0.05, 0.1) is 17.2 Å². The van der Waals surface area contributed by atoms with E-state index in [4.69, 9.17) is 9.15 Å². The SMILES string of the molecule is c1ccc(-c2ccc(N(c3ccc(-c4ccccc4)cc3)c3cccc(-c4ccc(-n5c6ccccc6c6oc7c(-c8ccccc8)cccc7c65)cc4)c3)cc2)cc1.c1ccc(-c2ccc(N(c3ccc(-c4ccccc4)cc3)c3cccc(-c4ccc(-n5cc(Oc6cccc(-c7ccccc7)c6)c6ccccc65)cc4)c3)cc2)cc1. The van der Waals surface area contributed by atoms with E-state index in [0.29, 0.717) is 0 Å². The number of nitrogens with zero attached hydrogens (tertiary/aromatic N) is 4. The summed E-state index contributed by atoms with van der Waals surface area (Å²) >= 11 is 0. The van der Waals surface area contributed by atoms with Crippen molar-refractivity contribution in [2.24, 2.45) is 0 Å². The average molecular weight is 1510 g/mol. The second-order valence-corrected chi connectivity index (χ2v) is 29.6. The van der Waals surface area contributed by atoms with Crippen LogP contribution in [0.3, 0.4) is 0 Å². The predicted octanol–water partition coefficient (Wildman–Crippen LogP) is 31.2. The van der Waals surface area contributed by atoms with Gasteiger partial charge in [-0.2, -0.15) is 0 Å². The summed E-state index contributed by atoms with van der Waals surface area (Å²) < 4.78 is 17.9. The Balaban J connectivity index is 0.000000151. The molecule has 0 unspecified atom stereocenters. The van der Waals surface area contributed by atoms with Crippen LogP contribution in [0.4, 0.5) is 34.1 Å². The molecule has 21 aromatic rings. The minimum atomic E-state index is 0.804. The molecule has 0 saturated heterocycles. The van der Waals surface area contributed by atoms with Crippen molar-refractivity contribution in [1.82, 2.24) is 9.13 Å². The Morgan fingerprint density at radius 2 is 0.534 bits per heavy atom. The fourth-order valence-corrected chi connectivity index (χ4v) is 16.4. The first kappa shape index (κ1) is 71.3. The zero-order valence-corrected chi connectivity index (χ0v) is 64.6. The van der Waals surface area contributed by atoms with Crippen LogP contribution in [0.5, 0.6) is 11.5 Å². The smallest absolute Gasteiger partial charge is 0.161 e. The highest BCUT2D eigenvalue weighted by atomic mass is 16.5. The van der Waals surface area contributed by atoms with Crippen molar-refractivity contribution in [2.45, 2.75) is 0 Å². The van der Waals surface area contributed by atoms with E-state index in [0.717, 1.165) is 145 Å². The first-order valence-corrected chi connectivity index (χ1v) is 40.1. The van der Waals surface area contributed by atoms with Gasteiger partial charge in [0.15, 0.2) is 11.3 Å². The van der Waals surface area contributed by atoms with Gasteiger partial charge in [0.1, 0.15) is 16.8 Å². The average Bonchev–Trinajstić information content (AvgIpc) is 1.56. The van der Waals surface area contributed by atoms with Gasteiger partial charge in [0, 0.05) is 67.2 Å². The van der Waals surface area contributed by atoms with Gasteiger partial charge in [-0.15, -0.1) is 0 Å². The first-order chi connectivity index (χ1) is 58.5. The Morgan fingerprint density at radius 1 is 0.212 bits per heavy atom. The number of para-hydroxylation sites is 3. The highest BCUT2D eigenvalue weighted by Crippen LogP contribution is 2.46. The summed E-state index contributed by atoms with van der Waals surface area (Å²) in [4.78, 5) is 4.68. The third-order valence-corrected chi connectivity index (χ3v) is 22.3. The van der Waals surface area contributed by atoms with E-state index in [1.54, 1.807) is 0 Å². The summed E-state index contributed by atoms with van der Waals surface area (Å²) in [7, 11) is 0. The summed E-state index contributed by atoms with van der Waals surface area (Å²) in [5.41, 5.74) is 32.5. The molecule has 0 bridgehead atoms. The molecule has 18 aromatic carbocycles. The van der Waals surface area contributed by atoms with Crippen molar-refractivity contribution in [3.05, 3.63) is 473 Å². The van der Waals surface area contributed by atoms with Crippen molar-refractivity contribution < 1.29 is 9.15 Å². The lowest BCUT2D eigenvalue weighted by Gasteiger charge is -2.26. The fourth-order valence-electron chi connectivity index (χ4n) is 16.4. The maximum Gasteiger partial charge on any atom is 0.161 e. The minimum absolute atomic E-state index is 0.804. The van der Waals surface area contributed by atoms with Crippen molar-refractivity contribution in [2.75, 3.05) is 9.80 Å². The summed E-state index contributed by atoms with van der Waals surface area (Å²) in [6.07, 6.45) is 2.10. The zero-order valence-electron chi connectivity index (χ0n) is 64.6. The third kappa shape index (κ3) is 14.4. The van der Waals surface area contributed by atoms with Crippen molar-refractivity contribution >= 4 is 78.0 Å². The third-order valence-electron chi connectivity index (χ3n) is 22.3. The molecule has 6 nitrogen and oxygen atoms in total. The van der Waals surface area contributed by atoms with E-state index in [9.17, 15) is 0 Å². The summed E-state index contributed by atoms with van der Waals surface area (Å²) in [5.74, 6) is 1.62. The second kappa shape index (κ2) is 32.0. The highest BCUT2D eigenvalue weighted by Gasteiger charge is 2.23. The quantitative estimate of drug-likeness (QED) is 0.0858. The minimum Gasteiger partial charge on any atom is -0.455 e. The number of aromatic nitrogens is 2.